The number of rotatable bonds is 5. The van der Waals surface area contributed by atoms with Gasteiger partial charge in [-0.05, 0) is 12.5 Å². The molecule has 0 unspecified atom stereocenters. The van der Waals surface area contributed by atoms with Gasteiger partial charge in [0.05, 0.1) is 25.7 Å². The SMILES string of the molecule is CCOC(=O)Cc1cc(OC)nc(C(F)F)c1C#N. The van der Waals surface area contributed by atoms with Gasteiger partial charge in [-0.1, -0.05) is 0 Å². The highest BCUT2D eigenvalue weighted by Crippen LogP contribution is 2.27. The molecule has 0 spiro atoms. The predicted octanol–water partition coefficient (Wildman–Crippen LogP) is 2.01. The van der Waals surface area contributed by atoms with Crippen LogP contribution in [0.15, 0.2) is 6.07 Å². The first kappa shape index (κ1) is 14.8. The molecular formula is C12H12F2N2O3. The number of methoxy groups -OCH3 is 1. The third kappa shape index (κ3) is 3.61. The minimum absolute atomic E-state index is 0.0754. The molecule has 1 rings (SSSR count). The van der Waals surface area contributed by atoms with Gasteiger partial charge < -0.3 is 9.47 Å². The van der Waals surface area contributed by atoms with Crippen molar-refractivity contribution in [2.45, 2.75) is 19.8 Å². The van der Waals surface area contributed by atoms with E-state index >= 15 is 0 Å². The Kier molecular flexibility index (Phi) is 5.18. The van der Waals surface area contributed by atoms with Crippen LogP contribution in [0.1, 0.15) is 30.2 Å². The second kappa shape index (κ2) is 6.64. The Morgan fingerprint density at radius 1 is 1.58 bits per heavy atom. The summed E-state index contributed by atoms with van der Waals surface area (Å²) >= 11 is 0. The van der Waals surface area contributed by atoms with E-state index in [9.17, 15) is 13.6 Å². The molecule has 0 bridgehead atoms. The third-order valence-corrected chi connectivity index (χ3v) is 2.27. The quantitative estimate of drug-likeness (QED) is 0.765. The van der Waals surface area contributed by atoms with Crippen LogP contribution in [-0.4, -0.2) is 24.7 Å². The topological polar surface area (TPSA) is 72.2 Å². The summed E-state index contributed by atoms with van der Waals surface area (Å²) < 4.78 is 35.1. The van der Waals surface area contributed by atoms with Crippen molar-refractivity contribution >= 4 is 5.97 Å². The summed E-state index contributed by atoms with van der Waals surface area (Å²) in [7, 11) is 1.26. The molecule has 0 saturated carbocycles. The molecule has 0 saturated heterocycles. The highest BCUT2D eigenvalue weighted by Gasteiger charge is 2.22. The largest absolute Gasteiger partial charge is 0.481 e. The van der Waals surface area contributed by atoms with Crippen molar-refractivity contribution in [3.05, 3.63) is 22.9 Å². The smallest absolute Gasteiger partial charge is 0.310 e. The van der Waals surface area contributed by atoms with Crippen molar-refractivity contribution in [3.63, 3.8) is 0 Å². The molecule has 19 heavy (non-hydrogen) atoms. The number of alkyl halides is 2. The minimum atomic E-state index is -2.93. The maximum atomic E-state index is 12.8. The number of pyridine rings is 1. The maximum Gasteiger partial charge on any atom is 0.310 e. The normalized spacial score (nSPS) is 10.1. The Morgan fingerprint density at radius 2 is 2.26 bits per heavy atom. The van der Waals surface area contributed by atoms with Crippen LogP contribution in [0.25, 0.3) is 0 Å². The Labute approximate surface area is 108 Å². The zero-order valence-corrected chi connectivity index (χ0v) is 10.4. The van der Waals surface area contributed by atoms with E-state index in [0.717, 1.165) is 0 Å². The average molecular weight is 270 g/mol. The summed E-state index contributed by atoms with van der Waals surface area (Å²) in [4.78, 5) is 14.9. The van der Waals surface area contributed by atoms with Crippen LogP contribution >= 0.6 is 0 Å². The van der Waals surface area contributed by atoms with Crippen LogP contribution in [0.4, 0.5) is 8.78 Å². The van der Waals surface area contributed by atoms with Gasteiger partial charge in [0.15, 0.2) is 0 Å². The van der Waals surface area contributed by atoms with E-state index < -0.39 is 18.1 Å². The zero-order valence-electron chi connectivity index (χ0n) is 10.4. The Hall–Kier alpha value is -2.23. The highest BCUT2D eigenvalue weighted by molar-refractivity contribution is 5.74. The second-order valence-corrected chi connectivity index (χ2v) is 3.48. The van der Waals surface area contributed by atoms with E-state index in [1.54, 1.807) is 13.0 Å². The molecular weight excluding hydrogens is 258 g/mol. The van der Waals surface area contributed by atoms with Gasteiger partial charge in [0.2, 0.25) is 5.88 Å². The van der Waals surface area contributed by atoms with Gasteiger partial charge in [-0.3, -0.25) is 4.79 Å². The first-order valence-electron chi connectivity index (χ1n) is 5.45. The summed E-state index contributed by atoms with van der Waals surface area (Å²) in [6.45, 7) is 1.80. The van der Waals surface area contributed by atoms with Crippen LogP contribution in [0.5, 0.6) is 5.88 Å². The summed E-state index contributed by atoms with van der Waals surface area (Å²) in [6, 6.07) is 2.92. The maximum absolute atomic E-state index is 12.8. The van der Waals surface area contributed by atoms with Crippen molar-refractivity contribution < 1.29 is 23.0 Å². The fourth-order valence-corrected chi connectivity index (χ4v) is 1.49. The van der Waals surface area contributed by atoms with Gasteiger partial charge in [-0.15, -0.1) is 0 Å². The molecule has 0 amide bonds. The fraction of sp³-hybridized carbons (Fsp3) is 0.417. The number of hydrogen-bond acceptors (Lipinski definition) is 5. The molecule has 0 atom stereocenters. The van der Waals surface area contributed by atoms with Crippen LogP contribution in [-0.2, 0) is 16.0 Å². The third-order valence-electron chi connectivity index (χ3n) is 2.27. The summed E-state index contributed by atoms with van der Waals surface area (Å²) in [6.07, 6.45) is -3.21. The van der Waals surface area contributed by atoms with E-state index in [-0.39, 0.29) is 30.0 Å². The molecule has 1 heterocycles. The molecule has 5 nitrogen and oxygen atoms in total. The molecule has 102 valence electrons. The first-order chi connectivity index (χ1) is 9.03. The van der Waals surface area contributed by atoms with Crippen molar-refractivity contribution in [3.8, 4) is 11.9 Å². The van der Waals surface area contributed by atoms with Crippen LogP contribution in [0, 0.1) is 11.3 Å². The number of carbonyl (C=O) groups excluding carboxylic acids is 1. The first-order valence-corrected chi connectivity index (χ1v) is 5.45. The van der Waals surface area contributed by atoms with Crippen molar-refractivity contribution in [1.29, 1.82) is 5.26 Å². The molecule has 0 aliphatic heterocycles. The Morgan fingerprint density at radius 3 is 2.74 bits per heavy atom. The summed E-state index contributed by atoms with van der Waals surface area (Å²) in [5.74, 6) is -0.680. The van der Waals surface area contributed by atoms with Gasteiger partial charge in [-0.2, -0.15) is 5.26 Å². The van der Waals surface area contributed by atoms with E-state index in [1.807, 2.05) is 0 Å². The predicted molar refractivity (Wildman–Crippen MR) is 60.8 cm³/mol. The monoisotopic (exact) mass is 270 g/mol. The van der Waals surface area contributed by atoms with Gasteiger partial charge in [0.1, 0.15) is 11.8 Å². The van der Waals surface area contributed by atoms with E-state index in [2.05, 4.69) is 4.98 Å². The van der Waals surface area contributed by atoms with Crippen molar-refractivity contribution in [2.24, 2.45) is 0 Å². The van der Waals surface area contributed by atoms with Gasteiger partial charge in [0, 0.05) is 6.07 Å². The standard InChI is InChI=1S/C12H12F2N2O3/c1-3-19-10(17)5-7-4-9(18-2)16-11(12(13)14)8(7)6-15/h4,12H,3,5H2,1-2H3. The molecule has 0 radical (unpaired) electrons. The number of halogens is 2. The van der Waals surface area contributed by atoms with E-state index in [1.165, 1.54) is 13.2 Å². The lowest BCUT2D eigenvalue weighted by molar-refractivity contribution is -0.142. The lowest BCUT2D eigenvalue weighted by Gasteiger charge is -2.10. The Bertz CT molecular complexity index is 512. The fourth-order valence-electron chi connectivity index (χ4n) is 1.49. The second-order valence-electron chi connectivity index (χ2n) is 3.48. The average Bonchev–Trinajstić information content (AvgIpc) is 2.37. The number of aromatic nitrogens is 1. The number of carbonyl (C=O) groups is 1. The van der Waals surface area contributed by atoms with Crippen LogP contribution in [0.3, 0.4) is 0 Å². The number of ether oxygens (including phenoxy) is 2. The highest BCUT2D eigenvalue weighted by atomic mass is 19.3. The van der Waals surface area contributed by atoms with Gasteiger partial charge in [-0.25, -0.2) is 13.8 Å². The van der Waals surface area contributed by atoms with Crippen LogP contribution in [0.2, 0.25) is 0 Å². The summed E-state index contributed by atoms with van der Waals surface area (Å²) in [5.41, 5.74) is -0.895. The number of esters is 1. The Balaban J connectivity index is 3.24. The lowest BCUT2D eigenvalue weighted by Crippen LogP contribution is -2.11. The molecule has 0 aliphatic carbocycles. The summed E-state index contributed by atoms with van der Waals surface area (Å²) in [5, 5.41) is 8.94. The number of hydrogen-bond donors (Lipinski definition) is 0. The zero-order chi connectivity index (χ0) is 14.4. The van der Waals surface area contributed by atoms with Gasteiger partial charge in [0.25, 0.3) is 6.43 Å². The molecule has 1 aromatic rings. The van der Waals surface area contributed by atoms with E-state index in [4.69, 9.17) is 14.7 Å². The number of nitrogens with zero attached hydrogens (tertiary/aromatic N) is 2. The number of nitriles is 1. The molecule has 0 aliphatic rings. The van der Waals surface area contributed by atoms with Crippen molar-refractivity contribution in [2.75, 3.05) is 13.7 Å². The van der Waals surface area contributed by atoms with Crippen LogP contribution < -0.4 is 4.74 Å². The molecule has 0 fully saturated rings. The lowest BCUT2D eigenvalue weighted by atomic mass is 10.0. The van der Waals surface area contributed by atoms with Gasteiger partial charge >= 0.3 is 5.97 Å². The molecule has 1 aromatic heterocycles. The molecule has 0 aromatic carbocycles. The molecule has 0 N–H and O–H groups in total. The minimum Gasteiger partial charge on any atom is -0.481 e. The van der Waals surface area contributed by atoms with Crippen molar-refractivity contribution in [1.82, 2.24) is 4.98 Å². The van der Waals surface area contributed by atoms with E-state index in [0.29, 0.717) is 0 Å². The molecule has 7 heteroatoms.